The number of nitrogens with zero attached hydrogens (tertiary/aromatic N) is 1. The van der Waals surface area contributed by atoms with E-state index >= 15 is 0 Å². The number of para-hydroxylation sites is 1. The van der Waals surface area contributed by atoms with Crippen molar-refractivity contribution >= 4 is 35.2 Å². The monoisotopic (exact) mass is 306 g/mol. The molecule has 3 rings (SSSR count). The number of fused-ring (bicyclic) bond motifs is 3. The molecule has 2 aliphatic rings. The smallest absolute Gasteiger partial charge is 0.325 e. The van der Waals surface area contributed by atoms with E-state index in [1.807, 2.05) is 18.2 Å². The molecule has 1 fully saturated rings. The standard InChI is InChI=1S/C14H14N2O4S/c1-8(12(18)19)15-13(20)14-7-6-11(17)16(14)9-4-2-3-5-10(9)21-14/h2-5,8H,6-7H2,1H3,(H,15,20)(H,18,19)/t8-,14?/m0/s1. The van der Waals surface area contributed by atoms with Crippen molar-refractivity contribution in [2.24, 2.45) is 0 Å². The van der Waals surface area contributed by atoms with Crippen molar-refractivity contribution < 1.29 is 19.5 Å². The molecule has 6 nitrogen and oxygen atoms in total. The third kappa shape index (κ3) is 1.99. The minimum absolute atomic E-state index is 0.106. The fourth-order valence-corrected chi connectivity index (χ4v) is 4.09. The molecule has 1 saturated heterocycles. The Bertz CT molecular complexity index is 648. The lowest BCUT2D eigenvalue weighted by molar-refractivity contribution is -0.141. The van der Waals surface area contributed by atoms with Crippen LogP contribution >= 0.6 is 11.8 Å². The predicted molar refractivity (Wildman–Crippen MR) is 77.0 cm³/mol. The second kappa shape index (κ2) is 4.77. The molecule has 21 heavy (non-hydrogen) atoms. The zero-order chi connectivity index (χ0) is 15.2. The number of thioether (sulfide) groups is 1. The van der Waals surface area contributed by atoms with Gasteiger partial charge < -0.3 is 10.4 Å². The van der Waals surface area contributed by atoms with Gasteiger partial charge in [0.05, 0.1) is 5.69 Å². The van der Waals surface area contributed by atoms with Gasteiger partial charge in [-0.2, -0.15) is 0 Å². The summed E-state index contributed by atoms with van der Waals surface area (Å²) >= 11 is 1.32. The van der Waals surface area contributed by atoms with Crippen LogP contribution in [0.1, 0.15) is 19.8 Å². The largest absolute Gasteiger partial charge is 0.480 e. The molecule has 2 atom stereocenters. The van der Waals surface area contributed by atoms with E-state index in [2.05, 4.69) is 5.32 Å². The van der Waals surface area contributed by atoms with Crippen LogP contribution < -0.4 is 10.2 Å². The molecular formula is C14H14N2O4S. The van der Waals surface area contributed by atoms with E-state index in [9.17, 15) is 14.4 Å². The topological polar surface area (TPSA) is 86.7 Å². The molecule has 2 amide bonds. The highest BCUT2D eigenvalue weighted by Gasteiger charge is 2.57. The van der Waals surface area contributed by atoms with Crippen molar-refractivity contribution in [3.05, 3.63) is 24.3 Å². The van der Waals surface area contributed by atoms with Crippen molar-refractivity contribution in [2.45, 2.75) is 35.6 Å². The molecule has 0 bridgehead atoms. The minimum atomic E-state index is -1.10. The van der Waals surface area contributed by atoms with Gasteiger partial charge in [0, 0.05) is 11.3 Å². The zero-order valence-electron chi connectivity index (χ0n) is 11.3. The number of nitrogens with one attached hydrogen (secondary N) is 1. The van der Waals surface area contributed by atoms with E-state index in [1.165, 1.54) is 23.6 Å². The van der Waals surface area contributed by atoms with Crippen molar-refractivity contribution in [2.75, 3.05) is 4.90 Å². The number of benzene rings is 1. The van der Waals surface area contributed by atoms with Crippen molar-refractivity contribution in [1.82, 2.24) is 5.32 Å². The van der Waals surface area contributed by atoms with E-state index in [0.717, 1.165) is 10.6 Å². The summed E-state index contributed by atoms with van der Waals surface area (Å²) < 4.78 is 0. The summed E-state index contributed by atoms with van der Waals surface area (Å²) in [5.41, 5.74) is 0.725. The van der Waals surface area contributed by atoms with Crippen LogP contribution in [0.15, 0.2) is 29.2 Å². The highest BCUT2D eigenvalue weighted by atomic mass is 32.2. The Kier molecular flexibility index (Phi) is 3.16. The lowest BCUT2D eigenvalue weighted by Crippen LogP contribution is -2.55. The Hall–Kier alpha value is -2.02. The number of carboxylic acid groups (broad SMARTS) is 1. The van der Waals surface area contributed by atoms with Gasteiger partial charge in [0.2, 0.25) is 5.91 Å². The van der Waals surface area contributed by atoms with Crippen molar-refractivity contribution in [1.29, 1.82) is 0 Å². The molecule has 2 N–H and O–H groups in total. The summed E-state index contributed by atoms with van der Waals surface area (Å²) in [5.74, 6) is -1.63. The first-order valence-electron chi connectivity index (χ1n) is 6.60. The van der Waals surface area contributed by atoms with E-state index in [1.54, 1.807) is 6.07 Å². The summed E-state index contributed by atoms with van der Waals surface area (Å²) in [6, 6.07) is 6.35. The van der Waals surface area contributed by atoms with E-state index in [-0.39, 0.29) is 12.3 Å². The van der Waals surface area contributed by atoms with Crippen LogP contribution in [0, 0.1) is 0 Å². The van der Waals surface area contributed by atoms with Gasteiger partial charge in [-0.3, -0.25) is 19.3 Å². The van der Waals surface area contributed by atoms with Crippen LogP contribution in [-0.4, -0.2) is 33.8 Å². The molecule has 7 heteroatoms. The van der Waals surface area contributed by atoms with Crippen molar-refractivity contribution in [3.8, 4) is 0 Å². The second-order valence-electron chi connectivity index (χ2n) is 5.12. The van der Waals surface area contributed by atoms with E-state index < -0.39 is 22.8 Å². The number of hydrogen-bond donors (Lipinski definition) is 2. The highest BCUT2D eigenvalue weighted by molar-refractivity contribution is 8.02. The number of carbonyl (C=O) groups is 3. The SMILES string of the molecule is C[C@H](NC(=O)C12CCC(=O)N1c1ccccc1S2)C(=O)O. The summed E-state index contributed by atoms with van der Waals surface area (Å²) in [6.45, 7) is 1.41. The van der Waals surface area contributed by atoms with Crippen LogP contribution in [-0.2, 0) is 14.4 Å². The van der Waals surface area contributed by atoms with Gasteiger partial charge in [0.1, 0.15) is 6.04 Å². The third-order valence-electron chi connectivity index (χ3n) is 3.75. The number of carboxylic acids is 1. The molecule has 2 heterocycles. The number of anilines is 1. The van der Waals surface area contributed by atoms with Crippen LogP contribution in [0.25, 0.3) is 0 Å². The third-order valence-corrected chi connectivity index (χ3v) is 5.22. The summed E-state index contributed by atoms with van der Waals surface area (Å²) in [4.78, 5) is 37.0. The lowest BCUT2D eigenvalue weighted by atomic mass is 10.1. The predicted octanol–water partition coefficient (Wildman–Crippen LogP) is 1.20. The first-order valence-corrected chi connectivity index (χ1v) is 7.42. The average Bonchev–Trinajstić information content (AvgIpc) is 2.95. The van der Waals surface area contributed by atoms with Crippen LogP contribution in [0.5, 0.6) is 0 Å². The molecule has 1 aromatic rings. The maximum Gasteiger partial charge on any atom is 0.325 e. The van der Waals surface area contributed by atoms with Gasteiger partial charge in [0.25, 0.3) is 5.91 Å². The normalized spacial score (nSPS) is 24.4. The number of carbonyl (C=O) groups excluding carboxylic acids is 2. The van der Waals surface area contributed by atoms with E-state index in [4.69, 9.17) is 5.11 Å². The van der Waals surface area contributed by atoms with Gasteiger partial charge in [-0.05, 0) is 25.5 Å². The van der Waals surface area contributed by atoms with Gasteiger partial charge >= 0.3 is 5.97 Å². The summed E-state index contributed by atoms with van der Waals surface area (Å²) in [6.07, 6.45) is 0.666. The lowest BCUT2D eigenvalue weighted by Gasteiger charge is -2.30. The Balaban J connectivity index is 1.96. The molecule has 2 aliphatic heterocycles. The number of rotatable bonds is 3. The number of amides is 2. The molecule has 1 aromatic carbocycles. The second-order valence-corrected chi connectivity index (χ2v) is 6.44. The molecule has 1 unspecified atom stereocenters. The van der Waals surface area contributed by atoms with Crippen LogP contribution in [0.3, 0.4) is 0 Å². The average molecular weight is 306 g/mol. The fourth-order valence-electron chi connectivity index (χ4n) is 2.67. The Labute approximate surface area is 125 Å². The summed E-state index contributed by atoms with van der Waals surface area (Å²) in [7, 11) is 0. The quantitative estimate of drug-likeness (QED) is 0.876. The molecular weight excluding hydrogens is 292 g/mol. The fraction of sp³-hybridized carbons (Fsp3) is 0.357. The van der Waals surface area contributed by atoms with Gasteiger partial charge in [-0.25, -0.2) is 0 Å². The maximum atomic E-state index is 12.6. The van der Waals surface area contributed by atoms with Gasteiger partial charge in [-0.1, -0.05) is 23.9 Å². The molecule has 0 spiro atoms. The van der Waals surface area contributed by atoms with Gasteiger partial charge in [-0.15, -0.1) is 0 Å². The van der Waals surface area contributed by atoms with Crippen molar-refractivity contribution in [3.63, 3.8) is 0 Å². The van der Waals surface area contributed by atoms with Gasteiger partial charge in [0.15, 0.2) is 4.87 Å². The molecule has 110 valence electrons. The first kappa shape index (κ1) is 13.9. The number of hydrogen-bond acceptors (Lipinski definition) is 4. The summed E-state index contributed by atoms with van der Waals surface area (Å²) in [5, 5.41) is 11.4. The molecule has 0 aromatic heterocycles. The molecule has 0 saturated carbocycles. The number of aliphatic carboxylic acids is 1. The Morgan fingerprint density at radius 2 is 2.14 bits per heavy atom. The first-order chi connectivity index (χ1) is 9.95. The van der Waals surface area contributed by atoms with Crippen LogP contribution in [0.2, 0.25) is 0 Å². The van der Waals surface area contributed by atoms with Crippen LogP contribution in [0.4, 0.5) is 5.69 Å². The Morgan fingerprint density at radius 3 is 2.86 bits per heavy atom. The Morgan fingerprint density at radius 1 is 1.43 bits per heavy atom. The minimum Gasteiger partial charge on any atom is -0.480 e. The maximum absolute atomic E-state index is 12.6. The molecule has 0 aliphatic carbocycles. The molecule has 0 radical (unpaired) electrons. The highest BCUT2D eigenvalue weighted by Crippen LogP contribution is 2.55. The zero-order valence-corrected chi connectivity index (χ0v) is 12.1. The van der Waals surface area contributed by atoms with E-state index in [0.29, 0.717) is 6.42 Å².